The highest BCUT2D eigenvalue weighted by Crippen LogP contribution is 2.25. The van der Waals surface area contributed by atoms with Gasteiger partial charge in [0.05, 0.1) is 12.8 Å². The molecule has 1 amide bonds. The number of carbonyl (C=O) groups is 1. The lowest BCUT2D eigenvalue weighted by Crippen LogP contribution is -2.20. The molecular formula is C17H16BrN5O2. The first-order valence-electron chi connectivity index (χ1n) is 7.53. The van der Waals surface area contributed by atoms with Crippen molar-refractivity contribution in [1.29, 1.82) is 0 Å². The van der Waals surface area contributed by atoms with Crippen molar-refractivity contribution in [2.24, 2.45) is 0 Å². The molecule has 0 atom stereocenters. The Morgan fingerprint density at radius 1 is 1.24 bits per heavy atom. The summed E-state index contributed by atoms with van der Waals surface area (Å²) in [5.74, 6) is 0.804. The zero-order chi connectivity index (χ0) is 17.8. The van der Waals surface area contributed by atoms with E-state index in [1.54, 1.807) is 7.11 Å². The predicted molar refractivity (Wildman–Crippen MR) is 97.3 cm³/mol. The molecule has 1 aromatic heterocycles. The molecule has 3 aromatic rings. The number of anilines is 1. The zero-order valence-electron chi connectivity index (χ0n) is 13.7. The van der Waals surface area contributed by atoms with Gasteiger partial charge in [-0.25, -0.2) is 0 Å². The van der Waals surface area contributed by atoms with Gasteiger partial charge in [-0.15, -0.1) is 10.2 Å². The third-order valence-electron chi connectivity index (χ3n) is 3.47. The maximum absolute atomic E-state index is 12.3. The lowest BCUT2D eigenvalue weighted by Gasteiger charge is -2.10. The number of nitrogens with zero attached hydrogens (tertiary/aromatic N) is 4. The maximum atomic E-state index is 12.3. The number of halogens is 1. The Bertz CT molecular complexity index is 892. The van der Waals surface area contributed by atoms with Crippen molar-refractivity contribution in [2.75, 3.05) is 12.4 Å². The predicted octanol–water partition coefficient (Wildman–Crippen LogP) is 3.06. The fraction of sp³-hybridized carbons (Fsp3) is 0.176. The molecule has 0 fully saturated rings. The summed E-state index contributed by atoms with van der Waals surface area (Å²) in [6.07, 6.45) is 0. The van der Waals surface area contributed by atoms with Crippen molar-refractivity contribution < 1.29 is 9.53 Å². The first-order valence-corrected chi connectivity index (χ1v) is 8.32. The van der Waals surface area contributed by atoms with Gasteiger partial charge in [0.25, 0.3) is 0 Å². The van der Waals surface area contributed by atoms with Crippen LogP contribution in [0.25, 0.3) is 11.4 Å². The normalized spacial score (nSPS) is 10.5. The molecular weight excluding hydrogens is 386 g/mol. The highest BCUT2D eigenvalue weighted by atomic mass is 79.9. The van der Waals surface area contributed by atoms with Crippen LogP contribution in [-0.4, -0.2) is 33.2 Å². The van der Waals surface area contributed by atoms with Crippen LogP contribution in [0.15, 0.2) is 46.9 Å². The number of aromatic nitrogens is 4. The second kappa shape index (κ2) is 7.43. The van der Waals surface area contributed by atoms with E-state index >= 15 is 0 Å². The summed E-state index contributed by atoms with van der Waals surface area (Å²) in [7, 11) is 1.56. The Labute approximate surface area is 153 Å². The van der Waals surface area contributed by atoms with Crippen LogP contribution in [0.4, 0.5) is 5.69 Å². The number of methoxy groups -OCH3 is 1. The molecule has 0 saturated heterocycles. The molecule has 1 N–H and O–H groups in total. The van der Waals surface area contributed by atoms with Crippen LogP contribution in [0.3, 0.4) is 0 Å². The number of tetrazole rings is 1. The van der Waals surface area contributed by atoms with Gasteiger partial charge in [-0.1, -0.05) is 22.0 Å². The van der Waals surface area contributed by atoms with Gasteiger partial charge in [-0.05, 0) is 54.1 Å². The number of aryl methyl sites for hydroxylation is 1. The molecule has 0 saturated carbocycles. The maximum Gasteiger partial charge on any atom is 0.248 e. The molecule has 0 bridgehead atoms. The van der Waals surface area contributed by atoms with E-state index < -0.39 is 0 Å². The molecule has 128 valence electrons. The lowest BCUT2D eigenvalue weighted by atomic mass is 10.2. The van der Waals surface area contributed by atoms with Crippen molar-refractivity contribution in [3.8, 4) is 17.1 Å². The van der Waals surface area contributed by atoms with E-state index in [2.05, 4.69) is 36.7 Å². The van der Waals surface area contributed by atoms with Crippen LogP contribution in [0.2, 0.25) is 0 Å². The second-order valence-electron chi connectivity index (χ2n) is 5.40. The van der Waals surface area contributed by atoms with Gasteiger partial charge in [0.15, 0.2) is 0 Å². The molecule has 0 aliphatic carbocycles. The van der Waals surface area contributed by atoms with Crippen LogP contribution >= 0.6 is 15.9 Å². The average molecular weight is 402 g/mol. The Kier molecular flexibility index (Phi) is 5.08. The van der Waals surface area contributed by atoms with Crippen LogP contribution in [0, 0.1) is 6.92 Å². The number of amides is 1. The van der Waals surface area contributed by atoms with E-state index in [0.29, 0.717) is 17.3 Å². The second-order valence-corrected chi connectivity index (χ2v) is 6.32. The number of hydrogen-bond acceptors (Lipinski definition) is 5. The van der Waals surface area contributed by atoms with Crippen molar-refractivity contribution in [1.82, 2.24) is 20.2 Å². The number of hydrogen-bond donors (Lipinski definition) is 1. The largest absolute Gasteiger partial charge is 0.495 e. The fourth-order valence-electron chi connectivity index (χ4n) is 2.26. The number of carbonyl (C=O) groups excluding carboxylic acids is 1. The quantitative estimate of drug-likeness (QED) is 0.710. The van der Waals surface area contributed by atoms with Crippen LogP contribution in [0.5, 0.6) is 5.75 Å². The van der Waals surface area contributed by atoms with Crippen LogP contribution < -0.4 is 10.1 Å². The zero-order valence-corrected chi connectivity index (χ0v) is 15.3. The highest BCUT2D eigenvalue weighted by Gasteiger charge is 2.12. The Morgan fingerprint density at radius 3 is 2.72 bits per heavy atom. The number of nitrogens with one attached hydrogen (secondary N) is 1. The minimum atomic E-state index is -0.261. The van der Waals surface area contributed by atoms with Crippen LogP contribution in [-0.2, 0) is 11.3 Å². The summed E-state index contributed by atoms with van der Waals surface area (Å²) in [5.41, 5.74) is 2.46. The van der Waals surface area contributed by atoms with Crippen molar-refractivity contribution in [3.05, 3.63) is 52.5 Å². The highest BCUT2D eigenvalue weighted by molar-refractivity contribution is 9.10. The first kappa shape index (κ1) is 17.1. The fourth-order valence-corrected chi connectivity index (χ4v) is 2.53. The molecule has 0 aliphatic heterocycles. The SMILES string of the molecule is COc1ccc(C)cc1NC(=O)Cn1nnc(-c2ccc(Br)cc2)n1. The van der Waals surface area contributed by atoms with E-state index in [9.17, 15) is 4.79 Å². The van der Waals surface area contributed by atoms with Crippen molar-refractivity contribution in [3.63, 3.8) is 0 Å². The van der Waals surface area contributed by atoms with E-state index in [0.717, 1.165) is 15.6 Å². The number of rotatable bonds is 5. The smallest absolute Gasteiger partial charge is 0.248 e. The summed E-state index contributed by atoms with van der Waals surface area (Å²) in [4.78, 5) is 13.5. The molecule has 3 rings (SSSR count). The minimum Gasteiger partial charge on any atom is -0.495 e. The van der Waals surface area contributed by atoms with Crippen molar-refractivity contribution in [2.45, 2.75) is 13.5 Å². The monoisotopic (exact) mass is 401 g/mol. The summed E-state index contributed by atoms with van der Waals surface area (Å²) in [6.45, 7) is 1.90. The molecule has 25 heavy (non-hydrogen) atoms. The van der Waals surface area contributed by atoms with E-state index in [1.807, 2.05) is 49.4 Å². The summed E-state index contributed by atoms with van der Waals surface area (Å²) in [6, 6.07) is 13.1. The van der Waals surface area contributed by atoms with Gasteiger partial charge in [0.2, 0.25) is 11.7 Å². The molecule has 0 spiro atoms. The lowest BCUT2D eigenvalue weighted by molar-refractivity contribution is -0.117. The topological polar surface area (TPSA) is 81.9 Å². The van der Waals surface area contributed by atoms with Gasteiger partial charge in [0, 0.05) is 10.0 Å². The first-order chi connectivity index (χ1) is 12.0. The Morgan fingerprint density at radius 2 is 2.00 bits per heavy atom. The van der Waals surface area contributed by atoms with Gasteiger partial charge in [-0.2, -0.15) is 4.80 Å². The number of benzene rings is 2. The Balaban J connectivity index is 1.70. The average Bonchev–Trinajstić information content (AvgIpc) is 3.04. The van der Waals surface area contributed by atoms with E-state index in [4.69, 9.17) is 4.74 Å². The van der Waals surface area contributed by atoms with Crippen molar-refractivity contribution >= 4 is 27.5 Å². The summed E-state index contributed by atoms with van der Waals surface area (Å²) in [5, 5.41) is 15.0. The van der Waals surface area contributed by atoms with Gasteiger partial charge >= 0.3 is 0 Å². The molecule has 0 aliphatic rings. The number of ether oxygens (including phenoxy) is 1. The van der Waals surface area contributed by atoms with E-state index in [-0.39, 0.29) is 12.5 Å². The molecule has 8 heteroatoms. The molecule has 0 radical (unpaired) electrons. The van der Waals surface area contributed by atoms with Gasteiger partial charge < -0.3 is 10.1 Å². The summed E-state index contributed by atoms with van der Waals surface area (Å²) < 4.78 is 6.22. The standard InChI is InChI=1S/C17H16BrN5O2/c1-11-3-8-15(25-2)14(9-11)19-16(24)10-23-21-17(20-22-23)12-4-6-13(18)7-5-12/h3-9H,10H2,1-2H3,(H,19,24). The van der Waals surface area contributed by atoms with Gasteiger partial charge in [0.1, 0.15) is 12.3 Å². The van der Waals surface area contributed by atoms with Gasteiger partial charge in [-0.3, -0.25) is 4.79 Å². The molecule has 7 nitrogen and oxygen atoms in total. The van der Waals surface area contributed by atoms with Crippen LogP contribution in [0.1, 0.15) is 5.56 Å². The Hall–Kier alpha value is -2.74. The third kappa shape index (κ3) is 4.21. The molecule has 2 aromatic carbocycles. The minimum absolute atomic E-state index is 0.0410. The van der Waals surface area contributed by atoms with E-state index in [1.165, 1.54) is 4.80 Å². The molecule has 0 unspecified atom stereocenters. The summed E-state index contributed by atoms with van der Waals surface area (Å²) >= 11 is 3.38. The molecule has 1 heterocycles. The third-order valence-corrected chi connectivity index (χ3v) is 4.00.